The van der Waals surface area contributed by atoms with E-state index >= 15 is 0 Å². The zero-order valence-corrected chi connectivity index (χ0v) is 82.5. The Hall–Kier alpha value is -4.96. The van der Waals surface area contributed by atoms with E-state index in [2.05, 4.69) is 6.92 Å². The molecule has 24 rings (SSSR count). The Kier molecular flexibility index (Phi) is 36.6. The van der Waals surface area contributed by atoms with E-state index in [1.165, 1.54) is 51.4 Å². The molecule has 36 atom stereocenters. The first-order valence-electron chi connectivity index (χ1n) is 54.9. The van der Waals surface area contributed by atoms with Crippen molar-refractivity contribution in [3.8, 4) is 0 Å². The third-order valence-electron chi connectivity index (χ3n) is 34.2. The van der Waals surface area contributed by atoms with Gasteiger partial charge >= 0.3 is 47.8 Å². The molecule has 12 saturated heterocycles. The summed E-state index contributed by atoms with van der Waals surface area (Å²) < 4.78 is 131. The van der Waals surface area contributed by atoms with Gasteiger partial charge in [0.15, 0.2) is 0 Å². The van der Waals surface area contributed by atoms with Gasteiger partial charge in [0.05, 0.1) is 245 Å². The second-order valence-electron chi connectivity index (χ2n) is 46.3. The summed E-state index contributed by atoms with van der Waals surface area (Å²) in [6.45, 7) is 10.3. The van der Waals surface area contributed by atoms with Crippen LogP contribution in [-0.2, 0) is 152 Å². The molecule has 0 radical (unpaired) electrons. The molecule has 0 bridgehead atoms. The van der Waals surface area contributed by atoms with Crippen LogP contribution in [0.1, 0.15) is 277 Å². The third-order valence-corrected chi connectivity index (χ3v) is 34.2. The monoisotopic (exact) mass is 1980 g/mol. The highest BCUT2D eigenvalue weighted by Gasteiger charge is 2.54. The number of hydrogen-bond acceptors (Lipinski definition) is 34. The molecular formula is C106H160O34. The summed E-state index contributed by atoms with van der Waals surface area (Å²) in [6.07, 6.45) is 50.1. The first kappa shape index (κ1) is 104. The SMILES string of the molecule is CC(CO)(COCC1CCC2OC2C1)COCC1CCC2OC2C1.O=C(CC(=O)OCC1CCC2OC2C1)OCC1CCC2OC2C1.O=C(CCC(=O)OCC1CCC2OC2C1)OCC1CCC2OC2C1.O=C(CCCC(=O)OCC1CCC2OC2C1)OCC1CCC2OC2C1.O=C(OCC1CCC2OC2C1)C(=O)OCC1CCC2OC2C1.OC(COCC1CCC2OC2C1)COCC1CCC2OC2C1. The third kappa shape index (κ3) is 33.5. The van der Waals surface area contributed by atoms with Crippen molar-refractivity contribution in [3.63, 3.8) is 0 Å². The summed E-state index contributed by atoms with van der Waals surface area (Å²) in [4.78, 5) is 93.9. The molecule has 140 heavy (non-hydrogen) atoms. The van der Waals surface area contributed by atoms with Gasteiger partial charge < -0.3 is 124 Å². The molecule has 0 aromatic heterocycles. The standard InChI is InChI=1S/C19H28O6.C19H32O5.C18H26O6.C17H24O6.C17H28O5.C16H22O6/c20-18(22-10-12-4-6-14-16(8-12)24-14)2-1-3-19(21)23-11-13-5-7-15-17(9-13)25-15;1-19(10-20,11-21-8-13-2-4-15-17(6-13)23-15)12-22-9-14-3-5-16-18(7-14)24-16;19-17(21-9-11-1-3-13-15(7-11)23-13)5-6-18(20)22-10-12-2-4-14-16(8-12)24-14;18-16(20-8-10-1-3-12-14(5-10)22-12)7-17(19)21-9-11-2-4-13-15(6-11)23-13;18-13(9-19-7-11-1-3-14-16(5-11)21-14)10-20-8-12-2-4-15-17(6-12)22-15;17-15(19-7-9-1-3-11-13(5-9)21-11)16(18)20-8-10-2-4-12-14(6-10)22-12/h12-17H,1-11H2;13-18,20H,2-12H2,1H3;11-16H,1-10H2;10-15H,1-9H2;11-18H,1-10H2;9-14H,1-8H2. The van der Waals surface area contributed by atoms with Crippen molar-refractivity contribution >= 4 is 47.8 Å². The molecule has 24 aliphatic rings. The Morgan fingerprint density at radius 2 is 0.414 bits per heavy atom. The molecule has 12 aliphatic carbocycles. The number of rotatable bonds is 42. The maximum absolute atomic E-state index is 11.8. The van der Waals surface area contributed by atoms with Crippen molar-refractivity contribution in [1.29, 1.82) is 0 Å². The number of aliphatic hydroxyl groups excluding tert-OH is 2. The number of esters is 8. The minimum Gasteiger partial charge on any atom is -0.465 e. The van der Waals surface area contributed by atoms with Crippen LogP contribution in [0.5, 0.6) is 0 Å². The van der Waals surface area contributed by atoms with Crippen molar-refractivity contribution in [1.82, 2.24) is 0 Å². The van der Waals surface area contributed by atoms with Gasteiger partial charge in [-0.15, -0.1) is 0 Å². The second kappa shape index (κ2) is 49.4. The smallest absolute Gasteiger partial charge is 0.417 e. The molecule has 0 aromatic rings. The van der Waals surface area contributed by atoms with Crippen molar-refractivity contribution in [2.75, 3.05) is 112 Å². The molecule has 34 nitrogen and oxygen atoms in total. The lowest BCUT2D eigenvalue weighted by atomic mass is 9.89. The zero-order valence-electron chi connectivity index (χ0n) is 82.5. The van der Waals surface area contributed by atoms with Gasteiger partial charge in [0.1, 0.15) is 12.5 Å². The molecule has 12 aliphatic heterocycles. The molecule has 0 aromatic carbocycles. The number of hydrogen-bond donors (Lipinski definition) is 2. The van der Waals surface area contributed by atoms with Crippen LogP contribution in [0.25, 0.3) is 0 Å². The normalized spacial score (nSPS) is 41.0. The van der Waals surface area contributed by atoms with Crippen LogP contribution in [0, 0.1) is 76.4 Å². The molecule has 0 spiro atoms. The summed E-state index contributed by atoms with van der Waals surface area (Å²) in [6, 6.07) is 0. The maximum atomic E-state index is 11.8. The number of carbonyl (C=O) groups excluding carboxylic acids is 8. The molecule has 0 amide bonds. The molecular weight excluding hydrogens is 1820 g/mol. The highest BCUT2D eigenvalue weighted by molar-refractivity contribution is 6.29. The van der Waals surface area contributed by atoms with Gasteiger partial charge in [-0.1, -0.05) is 6.92 Å². The van der Waals surface area contributed by atoms with Crippen molar-refractivity contribution < 1.29 is 162 Å². The number of fused-ring (bicyclic) bond motifs is 12. The Balaban J connectivity index is 0.000000107. The van der Waals surface area contributed by atoms with Crippen LogP contribution in [0.4, 0.5) is 0 Å². The van der Waals surface area contributed by atoms with Gasteiger partial charge in [0.2, 0.25) is 0 Å². The van der Waals surface area contributed by atoms with Crippen LogP contribution in [0.2, 0.25) is 0 Å². The lowest BCUT2D eigenvalue weighted by Crippen LogP contribution is -2.35. The highest BCUT2D eigenvalue weighted by Crippen LogP contribution is 2.49. The van der Waals surface area contributed by atoms with E-state index in [9.17, 15) is 48.6 Å². The summed E-state index contributed by atoms with van der Waals surface area (Å²) >= 11 is 0. The van der Waals surface area contributed by atoms with Gasteiger partial charge in [-0.2, -0.15) is 0 Å². The van der Waals surface area contributed by atoms with E-state index in [4.69, 9.17) is 114 Å². The van der Waals surface area contributed by atoms with Crippen molar-refractivity contribution in [2.45, 2.75) is 429 Å². The number of carbonyl (C=O) groups is 8. The average molecular weight is 1980 g/mol. The largest absolute Gasteiger partial charge is 0.465 e. The van der Waals surface area contributed by atoms with Gasteiger partial charge in [-0.05, 0) is 309 Å². The van der Waals surface area contributed by atoms with E-state index in [1.807, 2.05) is 0 Å². The van der Waals surface area contributed by atoms with E-state index < -0.39 is 30.0 Å². The minimum atomic E-state index is -0.866. The number of epoxide rings is 12. The van der Waals surface area contributed by atoms with Gasteiger partial charge in [-0.3, -0.25) is 28.8 Å². The fourth-order valence-electron chi connectivity index (χ4n) is 24.4. The first-order valence-corrected chi connectivity index (χ1v) is 54.9. The Morgan fingerprint density at radius 1 is 0.236 bits per heavy atom. The summed E-state index contributed by atoms with van der Waals surface area (Å²) in [5.74, 6) is 1.73. The molecule has 12 heterocycles. The Labute approximate surface area is 824 Å². The predicted octanol–water partition coefficient (Wildman–Crippen LogP) is 10.8. The molecule has 12 saturated carbocycles. The van der Waals surface area contributed by atoms with E-state index in [1.54, 1.807) is 0 Å². The van der Waals surface area contributed by atoms with Gasteiger partial charge in [0, 0.05) is 44.7 Å². The highest BCUT2D eigenvalue weighted by atomic mass is 16.6. The number of aliphatic hydroxyl groups is 2. The fraction of sp³-hybridized carbons (Fsp3) is 0.925. The minimum absolute atomic E-state index is 0.101. The van der Waals surface area contributed by atoms with Crippen molar-refractivity contribution in [3.05, 3.63) is 0 Å². The van der Waals surface area contributed by atoms with Gasteiger partial charge in [0.25, 0.3) is 0 Å². The topological polar surface area (TPSA) is 438 Å². The van der Waals surface area contributed by atoms with Crippen LogP contribution < -0.4 is 0 Å². The Bertz CT molecular complexity index is 3780. The molecule has 2 N–H and O–H groups in total. The molecule has 788 valence electrons. The molecule has 34 heteroatoms. The van der Waals surface area contributed by atoms with Crippen LogP contribution in [-0.4, -0.2) is 323 Å². The maximum Gasteiger partial charge on any atom is 0.417 e. The fourth-order valence-corrected chi connectivity index (χ4v) is 24.4. The lowest BCUT2D eigenvalue weighted by molar-refractivity contribution is -0.169. The predicted molar refractivity (Wildman–Crippen MR) is 492 cm³/mol. The van der Waals surface area contributed by atoms with E-state index in [0.29, 0.717) is 303 Å². The first-order chi connectivity index (χ1) is 68.1. The molecule has 36 unspecified atom stereocenters. The molecule has 24 fully saturated rings. The lowest BCUT2D eigenvalue weighted by Gasteiger charge is -2.29. The number of ether oxygens (including phenoxy) is 24. The van der Waals surface area contributed by atoms with Gasteiger partial charge in [-0.25, -0.2) is 9.59 Å². The van der Waals surface area contributed by atoms with E-state index in [0.717, 1.165) is 206 Å². The van der Waals surface area contributed by atoms with E-state index in [-0.39, 0.29) is 68.0 Å². The Morgan fingerprint density at radius 3 is 0.614 bits per heavy atom. The zero-order chi connectivity index (χ0) is 96.2. The summed E-state index contributed by atoms with van der Waals surface area (Å²) in [7, 11) is 0. The van der Waals surface area contributed by atoms with Crippen LogP contribution in [0.15, 0.2) is 0 Å². The quantitative estimate of drug-likeness (QED) is 0.0188. The van der Waals surface area contributed by atoms with Crippen LogP contribution >= 0.6 is 0 Å². The summed E-state index contributed by atoms with van der Waals surface area (Å²) in [5, 5.41) is 19.7. The van der Waals surface area contributed by atoms with Crippen molar-refractivity contribution in [2.24, 2.45) is 76.4 Å². The summed E-state index contributed by atoms with van der Waals surface area (Å²) in [5.41, 5.74) is -0.305. The second-order valence-corrected chi connectivity index (χ2v) is 46.3. The average Bonchev–Trinajstić information content (AvgIpc) is 1.71. The van der Waals surface area contributed by atoms with Crippen LogP contribution in [0.3, 0.4) is 0 Å².